The van der Waals surface area contributed by atoms with Crippen molar-refractivity contribution in [3.63, 3.8) is 0 Å². The molecular weight excluding hydrogens is 246 g/mol. The summed E-state index contributed by atoms with van der Waals surface area (Å²) in [4.78, 5) is 2.74. The molecule has 0 atom stereocenters. The summed E-state index contributed by atoms with van der Waals surface area (Å²) in [5.41, 5.74) is -0.0708. The minimum atomic E-state index is -0.0708. The Morgan fingerprint density at radius 1 is 1.17 bits per heavy atom. The second-order valence-electron chi connectivity index (χ2n) is 5.26. The molecule has 4 heteroatoms. The molecule has 3 nitrogen and oxygen atoms in total. The fourth-order valence-electron chi connectivity index (χ4n) is 1.44. The molecule has 0 aliphatic heterocycles. The van der Waals surface area contributed by atoms with Gasteiger partial charge in [-0.05, 0) is 39.8 Å². The first-order valence-corrected chi connectivity index (χ1v) is 7.27. The number of thiophene rings is 1. The number of rotatable bonds is 8. The molecule has 1 aromatic rings. The Labute approximate surface area is 114 Å². The maximum absolute atomic E-state index is 5.56. The Kier molecular flexibility index (Phi) is 6.86. The summed E-state index contributed by atoms with van der Waals surface area (Å²) >= 11 is 1.84. The van der Waals surface area contributed by atoms with E-state index in [1.165, 1.54) is 9.75 Å². The van der Waals surface area contributed by atoms with Crippen LogP contribution in [0.3, 0.4) is 0 Å². The zero-order valence-electron chi connectivity index (χ0n) is 11.9. The fourth-order valence-corrected chi connectivity index (χ4v) is 2.30. The normalized spacial score (nSPS) is 12.0. The van der Waals surface area contributed by atoms with Gasteiger partial charge in [-0.3, -0.25) is 0 Å². The van der Waals surface area contributed by atoms with E-state index in [4.69, 9.17) is 9.47 Å². The maximum atomic E-state index is 5.56. The molecule has 1 heterocycles. The maximum Gasteiger partial charge on any atom is 0.0707 e. The molecule has 0 unspecified atom stereocenters. The third-order valence-corrected chi connectivity index (χ3v) is 3.28. The zero-order chi connectivity index (χ0) is 13.4. The molecule has 1 rings (SSSR count). The van der Waals surface area contributed by atoms with Gasteiger partial charge in [0.15, 0.2) is 0 Å². The minimum absolute atomic E-state index is 0.0708. The van der Waals surface area contributed by atoms with Crippen molar-refractivity contribution < 1.29 is 9.47 Å². The third kappa shape index (κ3) is 7.82. The highest BCUT2D eigenvalue weighted by atomic mass is 32.1. The quantitative estimate of drug-likeness (QED) is 0.737. The summed E-state index contributed by atoms with van der Waals surface area (Å²) in [7, 11) is 0. The SMILES string of the molecule is Cc1ccc(CNCCOCCOC(C)(C)C)s1. The lowest BCUT2D eigenvalue weighted by molar-refractivity contribution is -0.0343. The smallest absolute Gasteiger partial charge is 0.0707 e. The van der Waals surface area contributed by atoms with Crippen LogP contribution < -0.4 is 5.32 Å². The number of hydrogen-bond acceptors (Lipinski definition) is 4. The molecule has 0 amide bonds. The van der Waals surface area contributed by atoms with E-state index >= 15 is 0 Å². The van der Waals surface area contributed by atoms with Crippen molar-refractivity contribution in [2.75, 3.05) is 26.4 Å². The van der Waals surface area contributed by atoms with Crippen molar-refractivity contribution in [1.82, 2.24) is 5.32 Å². The number of nitrogens with one attached hydrogen (secondary N) is 1. The lowest BCUT2D eigenvalue weighted by Crippen LogP contribution is -2.23. The van der Waals surface area contributed by atoms with Crippen molar-refractivity contribution in [2.24, 2.45) is 0 Å². The molecule has 1 aromatic heterocycles. The van der Waals surface area contributed by atoms with Gasteiger partial charge in [-0.2, -0.15) is 0 Å². The molecule has 0 fully saturated rings. The predicted octanol–water partition coefficient (Wildman–Crippen LogP) is 2.98. The highest BCUT2D eigenvalue weighted by molar-refractivity contribution is 7.11. The number of aryl methyl sites for hydroxylation is 1. The highest BCUT2D eigenvalue weighted by Crippen LogP contribution is 2.14. The van der Waals surface area contributed by atoms with Crippen molar-refractivity contribution in [2.45, 2.75) is 39.8 Å². The molecule has 0 spiro atoms. The van der Waals surface area contributed by atoms with Crippen LogP contribution in [0.25, 0.3) is 0 Å². The average molecular weight is 271 g/mol. The monoisotopic (exact) mass is 271 g/mol. The summed E-state index contributed by atoms with van der Waals surface area (Å²) < 4.78 is 11.1. The largest absolute Gasteiger partial charge is 0.378 e. The summed E-state index contributed by atoms with van der Waals surface area (Å²) in [6, 6.07) is 4.33. The van der Waals surface area contributed by atoms with Crippen LogP contribution >= 0.6 is 11.3 Å². The Hall–Kier alpha value is -0.420. The minimum Gasteiger partial charge on any atom is -0.378 e. The van der Waals surface area contributed by atoms with Gasteiger partial charge in [0.05, 0.1) is 25.4 Å². The fraction of sp³-hybridized carbons (Fsp3) is 0.714. The molecule has 0 aliphatic rings. The molecule has 0 aromatic carbocycles. The van der Waals surface area contributed by atoms with Crippen molar-refractivity contribution in [1.29, 1.82) is 0 Å². The molecule has 0 aliphatic carbocycles. The summed E-state index contributed by atoms with van der Waals surface area (Å²) in [5.74, 6) is 0. The van der Waals surface area contributed by atoms with Gasteiger partial charge in [0.25, 0.3) is 0 Å². The first kappa shape index (κ1) is 15.6. The van der Waals surface area contributed by atoms with Crippen LogP contribution in [-0.2, 0) is 16.0 Å². The first-order valence-electron chi connectivity index (χ1n) is 6.45. The summed E-state index contributed by atoms with van der Waals surface area (Å²) in [5, 5.41) is 3.37. The van der Waals surface area contributed by atoms with E-state index in [2.05, 4.69) is 45.1 Å². The van der Waals surface area contributed by atoms with Crippen molar-refractivity contribution in [3.05, 3.63) is 21.9 Å². The summed E-state index contributed by atoms with van der Waals surface area (Å²) in [6.45, 7) is 12.2. The number of hydrogen-bond donors (Lipinski definition) is 1. The Morgan fingerprint density at radius 2 is 1.94 bits per heavy atom. The second-order valence-corrected chi connectivity index (χ2v) is 6.63. The van der Waals surface area contributed by atoms with Gasteiger partial charge in [0.1, 0.15) is 0 Å². The van der Waals surface area contributed by atoms with Crippen LogP contribution in [0.15, 0.2) is 12.1 Å². The second kappa shape index (κ2) is 7.89. The topological polar surface area (TPSA) is 30.5 Å². The summed E-state index contributed by atoms with van der Waals surface area (Å²) in [6.07, 6.45) is 0. The van der Waals surface area contributed by atoms with Gasteiger partial charge in [0, 0.05) is 22.8 Å². The van der Waals surface area contributed by atoms with Crippen LogP contribution in [-0.4, -0.2) is 32.0 Å². The van der Waals surface area contributed by atoms with E-state index in [1.54, 1.807) is 0 Å². The van der Waals surface area contributed by atoms with E-state index in [1.807, 2.05) is 11.3 Å². The Morgan fingerprint density at radius 3 is 2.56 bits per heavy atom. The molecule has 0 radical (unpaired) electrons. The van der Waals surface area contributed by atoms with Gasteiger partial charge in [-0.1, -0.05) is 0 Å². The zero-order valence-corrected chi connectivity index (χ0v) is 12.7. The molecule has 18 heavy (non-hydrogen) atoms. The van der Waals surface area contributed by atoms with Crippen LogP contribution in [0, 0.1) is 6.92 Å². The molecule has 0 saturated carbocycles. The van der Waals surface area contributed by atoms with E-state index < -0.39 is 0 Å². The molecule has 0 bridgehead atoms. The van der Waals surface area contributed by atoms with E-state index in [0.29, 0.717) is 13.2 Å². The van der Waals surface area contributed by atoms with Gasteiger partial charge in [0.2, 0.25) is 0 Å². The molecule has 0 saturated heterocycles. The van der Waals surface area contributed by atoms with Gasteiger partial charge in [-0.25, -0.2) is 0 Å². The van der Waals surface area contributed by atoms with Crippen LogP contribution in [0.2, 0.25) is 0 Å². The van der Waals surface area contributed by atoms with Crippen LogP contribution in [0.4, 0.5) is 0 Å². The average Bonchev–Trinajstić information content (AvgIpc) is 2.67. The van der Waals surface area contributed by atoms with E-state index in [-0.39, 0.29) is 5.60 Å². The van der Waals surface area contributed by atoms with Crippen molar-refractivity contribution in [3.8, 4) is 0 Å². The highest BCUT2D eigenvalue weighted by Gasteiger charge is 2.08. The van der Waals surface area contributed by atoms with Gasteiger partial charge >= 0.3 is 0 Å². The number of ether oxygens (including phenoxy) is 2. The van der Waals surface area contributed by atoms with Crippen molar-refractivity contribution >= 4 is 11.3 Å². The lowest BCUT2D eigenvalue weighted by atomic mass is 10.2. The standard InChI is InChI=1S/C14H25NO2S/c1-12-5-6-13(18-12)11-15-7-8-16-9-10-17-14(2,3)4/h5-6,15H,7-11H2,1-4H3. The van der Waals surface area contributed by atoms with E-state index in [9.17, 15) is 0 Å². The lowest BCUT2D eigenvalue weighted by Gasteiger charge is -2.19. The Bertz CT molecular complexity index is 331. The molecule has 1 N–H and O–H groups in total. The molecule has 104 valence electrons. The predicted molar refractivity (Wildman–Crippen MR) is 77.3 cm³/mol. The first-order chi connectivity index (χ1) is 8.47. The third-order valence-electron chi connectivity index (χ3n) is 2.28. The van der Waals surface area contributed by atoms with E-state index in [0.717, 1.165) is 19.7 Å². The van der Waals surface area contributed by atoms with Gasteiger partial charge in [-0.15, -0.1) is 11.3 Å². The molecular formula is C14H25NO2S. The van der Waals surface area contributed by atoms with Crippen LogP contribution in [0.5, 0.6) is 0 Å². The van der Waals surface area contributed by atoms with Crippen LogP contribution in [0.1, 0.15) is 30.5 Å². The Balaban J connectivity index is 1.90. The van der Waals surface area contributed by atoms with Gasteiger partial charge < -0.3 is 14.8 Å².